The second kappa shape index (κ2) is 5.75. The number of nitrogens with zero attached hydrogens (tertiary/aromatic N) is 1. The SMILES string of the molecule is CCOCC(C)(NC)c1nc(C(C)C)cs1. The molecule has 1 rings (SSSR count). The van der Waals surface area contributed by atoms with Crippen molar-refractivity contribution in [3.8, 4) is 0 Å². The lowest BCUT2D eigenvalue weighted by atomic mass is 10.1. The molecule has 0 aliphatic carbocycles. The molecule has 0 radical (unpaired) electrons. The predicted octanol–water partition coefficient (Wildman–Crippen LogP) is 2.74. The summed E-state index contributed by atoms with van der Waals surface area (Å²) in [6.45, 7) is 9.87. The monoisotopic (exact) mass is 242 g/mol. The van der Waals surface area contributed by atoms with E-state index < -0.39 is 0 Å². The summed E-state index contributed by atoms with van der Waals surface area (Å²) in [5.74, 6) is 0.484. The second-order valence-corrected chi connectivity index (χ2v) is 5.31. The first-order valence-electron chi connectivity index (χ1n) is 5.76. The third kappa shape index (κ3) is 3.03. The molecular formula is C12H22N2OS. The highest BCUT2D eigenvalue weighted by atomic mass is 32.1. The number of ether oxygens (including phenoxy) is 1. The van der Waals surface area contributed by atoms with Gasteiger partial charge in [-0.05, 0) is 26.8 Å². The molecule has 4 heteroatoms. The Bertz CT molecular complexity index is 325. The molecule has 0 fully saturated rings. The van der Waals surface area contributed by atoms with Gasteiger partial charge in [0.15, 0.2) is 0 Å². The van der Waals surface area contributed by atoms with E-state index >= 15 is 0 Å². The van der Waals surface area contributed by atoms with Gasteiger partial charge < -0.3 is 10.1 Å². The molecule has 0 amide bonds. The molecule has 0 aliphatic rings. The van der Waals surface area contributed by atoms with E-state index in [-0.39, 0.29) is 5.54 Å². The molecule has 0 saturated heterocycles. The molecule has 0 aromatic carbocycles. The van der Waals surface area contributed by atoms with Gasteiger partial charge in [-0.2, -0.15) is 0 Å². The van der Waals surface area contributed by atoms with E-state index in [2.05, 4.69) is 36.5 Å². The Hall–Kier alpha value is -0.450. The van der Waals surface area contributed by atoms with Crippen LogP contribution in [0.2, 0.25) is 0 Å². The standard InChI is InChI=1S/C12H22N2OS/c1-6-15-8-12(4,13-5)11-14-10(7-16-11)9(2)3/h7,9,13H,6,8H2,1-5H3. The van der Waals surface area contributed by atoms with Gasteiger partial charge >= 0.3 is 0 Å². The maximum absolute atomic E-state index is 5.52. The zero-order valence-electron chi connectivity index (χ0n) is 10.8. The summed E-state index contributed by atoms with van der Waals surface area (Å²) in [6.07, 6.45) is 0. The van der Waals surface area contributed by atoms with Crippen LogP contribution >= 0.6 is 11.3 Å². The molecule has 0 saturated carbocycles. The van der Waals surface area contributed by atoms with E-state index in [9.17, 15) is 0 Å². The topological polar surface area (TPSA) is 34.1 Å². The number of aromatic nitrogens is 1. The van der Waals surface area contributed by atoms with Gasteiger partial charge in [0, 0.05) is 12.0 Å². The van der Waals surface area contributed by atoms with Crippen LogP contribution in [-0.2, 0) is 10.3 Å². The quantitative estimate of drug-likeness (QED) is 0.833. The average molecular weight is 242 g/mol. The Labute approximate surface area is 102 Å². The molecule has 16 heavy (non-hydrogen) atoms. The van der Waals surface area contributed by atoms with Crippen LogP contribution in [0.25, 0.3) is 0 Å². The van der Waals surface area contributed by atoms with Crippen molar-refractivity contribution in [1.82, 2.24) is 10.3 Å². The van der Waals surface area contributed by atoms with E-state index in [1.165, 1.54) is 0 Å². The van der Waals surface area contributed by atoms with Gasteiger partial charge in [0.2, 0.25) is 0 Å². The third-order valence-corrected chi connectivity index (χ3v) is 3.86. The lowest BCUT2D eigenvalue weighted by Crippen LogP contribution is -2.41. The molecule has 1 unspecified atom stereocenters. The normalized spacial score (nSPS) is 15.4. The Balaban J connectivity index is 2.85. The fraction of sp³-hybridized carbons (Fsp3) is 0.750. The minimum Gasteiger partial charge on any atom is -0.379 e. The van der Waals surface area contributed by atoms with E-state index in [0.29, 0.717) is 12.5 Å². The van der Waals surface area contributed by atoms with Gasteiger partial charge in [-0.3, -0.25) is 0 Å². The van der Waals surface area contributed by atoms with E-state index in [0.717, 1.165) is 17.3 Å². The Morgan fingerprint density at radius 2 is 2.25 bits per heavy atom. The number of nitrogens with one attached hydrogen (secondary N) is 1. The first-order valence-corrected chi connectivity index (χ1v) is 6.64. The van der Waals surface area contributed by atoms with Crippen LogP contribution < -0.4 is 5.32 Å². The molecule has 0 aliphatic heterocycles. The Morgan fingerprint density at radius 3 is 2.69 bits per heavy atom. The van der Waals surface area contributed by atoms with Gasteiger partial charge in [0.1, 0.15) is 5.01 Å². The largest absolute Gasteiger partial charge is 0.379 e. The van der Waals surface area contributed by atoms with E-state index in [4.69, 9.17) is 4.74 Å². The fourth-order valence-corrected chi connectivity index (χ4v) is 2.49. The minimum atomic E-state index is -0.173. The molecule has 1 aromatic rings. The molecule has 0 spiro atoms. The second-order valence-electron chi connectivity index (χ2n) is 4.45. The van der Waals surface area contributed by atoms with Crippen LogP contribution in [-0.4, -0.2) is 25.2 Å². The molecule has 1 N–H and O–H groups in total. The van der Waals surface area contributed by atoms with Crippen molar-refractivity contribution in [2.75, 3.05) is 20.3 Å². The predicted molar refractivity (Wildman–Crippen MR) is 69.1 cm³/mol. The highest BCUT2D eigenvalue weighted by Crippen LogP contribution is 2.27. The number of thiazole rings is 1. The molecule has 1 aromatic heterocycles. The smallest absolute Gasteiger partial charge is 0.115 e. The number of rotatable bonds is 6. The van der Waals surface area contributed by atoms with E-state index in [1.54, 1.807) is 11.3 Å². The molecule has 3 nitrogen and oxygen atoms in total. The van der Waals surface area contributed by atoms with Crippen LogP contribution in [0, 0.1) is 0 Å². The Morgan fingerprint density at radius 1 is 1.56 bits per heavy atom. The van der Waals surface area contributed by atoms with Crippen molar-refractivity contribution >= 4 is 11.3 Å². The summed E-state index contributed by atoms with van der Waals surface area (Å²) >= 11 is 1.71. The van der Waals surface area contributed by atoms with Gasteiger partial charge in [-0.15, -0.1) is 11.3 Å². The molecule has 1 atom stereocenters. The van der Waals surface area contributed by atoms with E-state index in [1.807, 2.05) is 14.0 Å². The Kier molecular flexibility index (Phi) is 4.89. The molecule has 1 heterocycles. The van der Waals surface area contributed by atoms with Crippen LogP contribution in [0.3, 0.4) is 0 Å². The summed E-state index contributed by atoms with van der Waals surface area (Å²) in [5.41, 5.74) is 0.992. The highest BCUT2D eigenvalue weighted by Gasteiger charge is 2.28. The molecule has 0 bridgehead atoms. The molecular weight excluding hydrogens is 220 g/mol. The molecule has 92 valence electrons. The van der Waals surface area contributed by atoms with Crippen molar-refractivity contribution in [1.29, 1.82) is 0 Å². The lowest BCUT2D eigenvalue weighted by molar-refractivity contribution is 0.0868. The third-order valence-electron chi connectivity index (χ3n) is 2.73. The van der Waals surface area contributed by atoms with Crippen molar-refractivity contribution in [3.63, 3.8) is 0 Å². The van der Waals surface area contributed by atoms with Crippen LogP contribution in [0.4, 0.5) is 0 Å². The van der Waals surface area contributed by atoms with Crippen molar-refractivity contribution in [2.24, 2.45) is 0 Å². The zero-order valence-corrected chi connectivity index (χ0v) is 11.6. The maximum Gasteiger partial charge on any atom is 0.115 e. The summed E-state index contributed by atoms with van der Waals surface area (Å²) in [5, 5.41) is 6.55. The van der Waals surface area contributed by atoms with Crippen LogP contribution in [0.15, 0.2) is 5.38 Å². The van der Waals surface area contributed by atoms with Gasteiger partial charge in [-0.1, -0.05) is 13.8 Å². The first kappa shape index (κ1) is 13.6. The van der Waals surface area contributed by atoms with Gasteiger partial charge in [0.05, 0.1) is 17.8 Å². The summed E-state index contributed by atoms with van der Waals surface area (Å²) in [4.78, 5) is 4.68. The maximum atomic E-state index is 5.52. The summed E-state index contributed by atoms with van der Waals surface area (Å²) in [7, 11) is 1.95. The van der Waals surface area contributed by atoms with Gasteiger partial charge in [-0.25, -0.2) is 4.98 Å². The highest BCUT2D eigenvalue weighted by molar-refractivity contribution is 7.09. The zero-order chi connectivity index (χ0) is 12.2. The van der Waals surface area contributed by atoms with Gasteiger partial charge in [0.25, 0.3) is 0 Å². The van der Waals surface area contributed by atoms with Crippen LogP contribution in [0.1, 0.15) is 44.3 Å². The van der Waals surface area contributed by atoms with Crippen molar-refractivity contribution in [3.05, 3.63) is 16.1 Å². The first-order chi connectivity index (χ1) is 7.53. The summed E-state index contributed by atoms with van der Waals surface area (Å²) < 4.78 is 5.52. The van der Waals surface area contributed by atoms with Crippen molar-refractivity contribution in [2.45, 2.75) is 39.2 Å². The van der Waals surface area contributed by atoms with Crippen LogP contribution in [0.5, 0.6) is 0 Å². The average Bonchev–Trinajstić information content (AvgIpc) is 2.75. The lowest BCUT2D eigenvalue weighted by Gasteiger charge is -2.26. The number of hydrogen-bond acceptors (Lipinski definition) is 4. The number of hydrogen-bond donors (Lipinski definition) is 1. The fourth-order valence-electron chi connectivity index (χ4n) is 1.35. The van der Waals surface area contributed by atoms with Crippen molar-refractivity contribution < 1.29 is 4.74 Å². The summed E-state index contributed by atoms with van der Waals surface area (Å²) in [6, 6.07) is 0. The minimum absolute atomic E-state index is 0.173. The number of likely N-dealkylation sites (N-methyl/N-ethyl adjacent to an activating group) is 1.